The molecule has 0 bridgehead atoms. The molecule has 1 atom stereocenters. The maximum atomic E-state index is 12.3. The van der Waals surface area contributed by atoms with Crippen LogP contribution in [-0.4, -0.2) is 36.1 Å². The summed E-state index contributed by atoms with van der Waals surface area (Å²) in [5, 5.41) is 6.70. The van der Waals surface area contributed by atoms with E-state index >= 15 is 0 Å². The zero-order valence-corrected chi connectivity index (χ0v) is 17.3. The lowest BCUT2D eigenvalue weighted by molar-refractivity contribution is 0.644. The molecule has 0 aliphatic heterocycles. The van der Waals surface area contributed by atoms with Crippen molar-refractivity contribution in [3.63, 3.8) is 0 Å². The third-order valence-electron chi connectivity index (χ3n) is 4.70. The highest BCUT2D eigenvalue weighted by molar-refractivity contribution is 9.10. The van der Waals surface area contributed by atoms with Crippen molar-refractivity contribution in [3.8, 4) is 0 Å². The van der Waals surface area contributed by atoms with Gasteiger partial charge >= 0.3 is 0 Å². The van der Waals surface area contributed by atoms with Crippen LogP contribution in [0.4, 0.5) is 0 Å². The van der Waals surface area contributed by atoms with Crippen LogP contribution in [0.3, 0.4) is 0 Å². The molecule has 4 nitrogen and oxygen atoms in total. The Bertz CT molecular complexity index is 791. The third kappa shape index (κ3) is 4.74. The summed E-state index contributed by atoms with van der Waals surface area (Å²) in [7, 11) is 0.771. The standard InChI is InChI=1S/C20H24BrN3OS/c1-22-19(23-13-14-26(25)16-7-3-2-4-8-16)24-15-20(11-12-20)17-9-5-6-10-18(17)21/h2-10H,11-15H2,1H3,(H2,22,23,24). The fourth-order valence-corrected chi connectivity index (χ4v) is 4.70. The van der Waals surface area contributed by atoms with E-state index in [2.05, 4.69) is 49.8 Å². The van der Waals surface area contributed by atoms with Gasteiger partial charge in [0.2, 0.25) is 0 Å². The molecule has 1 aliphatic rings. The van der Waals surface area contributed by atoms with Crippen LogP contribution in [-0.2, 0) is 16.2 Å². The third-order valence-corrected chi connectivity index (χ3v) is 6.77. The Morgan fingerprint density at radius 1 is 1.12 bits per heavy atom. The Hall–Kier alpha value is -1.66. The number of rotatable bonds is 7. The van der Waals surface area contributed by atoms with Crippen LogP contribution in [0.5, 0.6) is 0 Å². The average Bonchev–Trinajstić information content (AvgIpc) is 3.46. The van der Waals surface area contributed by atoms with Gasteiger partial charge in [-0.1, -0.05) is 52.3 Å². The SMILES string of the molecule is CN=C(NCCS(=O)c1ccccc1)NCC1(c2ccccc2Br)CC1. The molecule has 0 amide bonds. The van der Waals surface area contributed by atoms with Gasteiger partial charge in [-0.05, 0) is 36.6 Å². The first-order valence-corrected chi connectivity index (χ1v) is 10.9. The van der Waals surface area contributed by atoms with Crippen LogP contribution in [0.25, 0.3) is 0 Å². The van der Waals surface area contributed by atoms with Crippen molar-refractivity contribution in [3.05, 3.63) is 64.6 Å². The molecule has 0 aromatic heterocycles. The monoisotopic (exact) mass is 433 g/mol. The van der Waals surface area contributed by atoms with Crippen LogP contribution in [0.15, 0.2) is 69.0 Å². The minimum atomic E-state index is -0.995. The van der Waals surface area contributed by atoms with Gasteiger partial charge in [-0.25, -0.2) is 0 Å². The Labute approximate surface area is 166 Å². The number of hydrogen-bond donors (Lipinski definition) is 2. The van der Waals surface area contributed by atoms with Crippen LogP contribution in [0.2, 0.25) is 0 Å². The van der Waals surface area contributed by atoms with Crippen molar-refractivity contribution in [1.29, 1.82) is 0 Å². The van der Waals surface area contributed by atoms with Gasteiger partial charge in [-0.3, -0.25) is 9.20 Å². The van der Waals surface area contributed by atoms with Gasteiger partial charge in [0.25, 0.3) is 0 Å². The summed E-state index contributed by atoms with van der Waals surface area (Å²) >= 11 is 3.67. The molecule has 1 fully saturated rings. The molecule has 1 unspecified atom stereocenters. The average molecular weight is 434 g/mol. The van der Waals surface area contributed by atoms with Gasteiger partial charge in [0.15, 0.2) is 5.96 Å². The quantitative estimate of drug-likeness (QED) is 0.519. The van der Waals surface area contributed by atoms with Gasteiger partial charge in [-0.2, -0.15) is 0 Å². The van der Waals surface area contributed by atoms with E-state index in [1.807, 2.05) is 36.4 Å². The molecule has 0 heterocycles. The second-order valence-electron chi connectivity index (χ2n) is 6.48. The lowest BCUT2D eigenvalue weighted by Crippen LogP contribution is -2.42. The van der Waals surface area contributed by atoms with Gasteiger partial charge < -0.3 is 10.6 Å². The first kappa shape index (κ1) is 19.1. The molecule has 2 aromatic rings. The van der Waals surface area contributed by atoms with E-state index < -0.39 is 10.8 Å². The summed E-state index contributed by atoms with van der Waals surface area (Å²) in [6, 6.07) is 18.0. The smallest absolute Gasteiger partial charge is 0.191 e. The Kier molecular flexibility index (Phi) is 6.48. The molecular formula is C20H24BrN3OS. The lowest BCUT2D eigenvalue weighted by atomic mass is 9.96. The van der Waals surface area contributed by atoms with Crippen molar-refractivity contribution in [2.75, 3.05) is 25.9 Å². The highest BCUT2D eigenvalue weighted by Crippen LogP contribution is 2.49. The van der Waals surface area contributed by atoms with E-state index in [0.717, 1.165) is 17.4 Å². The topological polar surface area (TPSA) is 53.5 Å². The van der Waals surface area contributed by atoms with Crippen molar-refractivity contribution in [2.45, 2.75) is 23.2 Å². The molecular weight excluding hydrogens is 410 g/mol. The summed E-state index contributed by atoms with van der Waals surface area (Å²) in [5.41, 5.74) is 1.54. The number of halogens is 1. The fraction of sp³-hybridized carbons (Fsp3) is 0.350. The Morgan fingerprint density at radius 2 is 1.81 bits per heavy atom. The van der Waals surface area contributed by atoms with Crippen molar-refractivity contribution < 1.29 is 4.21 Å². The molecule has 6 heteroatoms. The lowest BCUT2D eigenvalue weighted by Gasteiger charge is -2.20. The van der Waals surface area contributed by atoms with E-state index in [-0.39, 0.29) is 5.41 Å². The van der Waals surface area contributed by atoms with Crippen LogP contribution in [0, 0.1) is 0 Å². The van der Waals surface area contributed by atoms with E-state index in [0.29, 0.717) is 12.3 Å². The minimum absolute atomic E-state index is 0.185. The normalized spacial score (nSPS) is 16.8. The maximum absolute atomic E-state index is 12.3. The van der Waals surface area contributed by atoms with Gasteiger partial charge in [0, 0.05) is 40.7 Å². The van der Waals surface area contributed by atoms with Gasteiger partial charge in [0.1, 0.15) is 0 Å². The Balaban J connectivity index is 1.48. The molecule has 0 radical (unpaired) electrons. The first-order chi connectivity index (χ1) is 12.6. The fourth-order valence-electron chi connectivity index (χ4n) is 3.01. The number of guanidine groups is 1. The molecule has 1 saturated carbocycles. The molecule has 0 spiro atoms. The molecule has 2 aromatic carbocycles. The maximum Gasteiger partial charge on any atom is 0.191 e. The van der Waals surface area contributed by atoms with E-state index in [9.17, 15) is 4.21 Å². The van der Waals surface area contributed by atoms with Crippen molar-refractivity contribution >= 4 is 32.7 Å². The van der Waals surface area contributed by atoms with Gasteiger partial charge in [0.05, 0.1) is 10.8 Å². The summed E-state index contributed by atoms with van der Waals surface area (Å²) in [6.07, 6.45) is 2.36. The predicted molar refractivity (Wildman–Crippen MR) is 112 cm³/mol. The summed E-state index contributed by atoms with van der Waals surface area (Å²) in [4.78, 5) is 5.15. The summed E-state index contributed by atoms with van der Waals surface area (Å²) in [5.74, 6) is 1.31. The van der Waals surface area contributed by atoms with Gasteiger partial charge in [-0.15, -0.1) is 0 Å². The largest absolute Gasteiger partial charge is 0.356 e. The van der Waals surface area contributed by atoms with E-state index in [1.165, 1.54) is 22.9 Å². The summed E-state index contributed by atoms with van der Waals surface area (Å²) in [6.45, 7) is 1.46. The second kappa shape index (κ2) is 8.82. The highest BCUT2D eigenvalue weighted by Gasteiger charge is 2.45. The van der Waals surface area contributed by atoms with Crippen LogP contribution in [0.1, 0.15) is 18.4 Å². The zero-order valence-electron chi connectivity index (χ0n) is 14.9. The first-order valence-electron chi connectivity index (χ1n) is 8.78. The predicted octanol–water partition coefficient (Wildman–Crippen LogP) is 3.45. The Morgan fingerprint density at radius 3 is 2.46 bits per heavy atom. The molecule has 0 saturated heterocycles. The van der Waals surface area contributed by atoms with E-state index in [4.69, 9.17) is 0 Å². The van der Waals surface area contributed by atoms with Crippen molar-refractivity contribution in [1.82, 2.24) is 10.6 Å². The van der Waals surface area contributed by atoms with Crippen molar-refractivity contribution in [2.24, 2.45) is 4.99 Å². The highest BCUT2D eigenvalue weighted by atomic mass is 79.9. The summed E-state index contributed by atoms with van der Waals surface area (Å²) < 4.78 is 13.4. The molecule has 2 N–H and O–H groups in total. The molecule has 26 heavy (non-hydrogen) atoms. The minimum Gasteiger partial charge on any atom is -0.356 e. The van der Waals surface area contributed by atoms with E-state index in [1.54, 1.807) is 7.05 Å². The second-order valence-corrected chi connectivity index (χ2v) is 8.90. The zero-order chi connectivity index (χ0) is 18.4. The molecule has 3 rings (SSSR count). The molecule has 1 aliphatic carbocycles. The number of nitrogens with zero attached hydrogens (tertiary/aromatic N) is 1. The van der Waals surface area contributed by atoms with Crippen LogP contribution < -0.4 is 10.6 Å². The number of aliphatic imine (C=N–C) groups is 1. The number of benzene rings is 2. The number of nitrogens with one attached hydrogen (secondary N) is 2. The number of hydrogen-bond acceptors (Lipinski definition) is 2. The molecule has 138 valence electrons. The van der Waals surface area contributed by atoms with Crippen LogP contribution >= 0.6 is 15.9 Å².